The highest BCUT2D eigenvalue weighted by Gasteiger charge is 2.46. The maximum atomic E-state index is 12.6. The van der Waals surface area contributed by atoms with Gasteiger partial charge in [-0.2, -0.15) is 0 Å². The first kappa shape index (κ1) is 21.3. The minimum Gasteiger partial charge on any atom is -0.458 e. The molecule has 5 heteroatoms. The van der Waals surface area contributed by atoms with Crippen LogP contribution in [0.3, 0.4) is 0 Å². The lowest BCUT2D eigenvalue weighted by Gasteiger charge is -2.29. The van der Waals surface area contributed by atoms with Crippen LogP contribution in [0.15, 0.2) is 42.0 Å². The van der Waals surface area contributed by atoms with Crippen LogP contribution in [0, 0.1) is 0 Å². The Morgan fingerprint density at radius 1 is 1.30 bits per heavy atom. The zero-order valence-corrected chi connectivity index (χ0v) is 16.7. The van der Waals surface area contributed by atoms with Gasteiger partial charge in [-0.05, 0) is 65.2 Å². The Bertz CT molecular complexity index is 686. The Morgan fingerprint density at radius 2 is 1.96 bits per heavy atom. The third-order valence-electron chi connectivity index (χ3n) is 5.07. The van der Waals surface area contributed by atoms with E-state index in [2.05, 4.69) is 0 Å². The second-order valence-electron chi connectivity index (χ2n) is 7.97. The third-order valence-corrected chi connectivity index (χ3v) is 5.07. The van der Waals surface area contributed by atoms with E-state index in [0.717, 1.165) is 5.57 Å². The molecule has 0 aliphatic carbocycles. The highest BCUT2D eigenvalue weighted by Crippen LogP contribution is 2.36. The van der Waals surface area contributed by atoms with Crippen molar-refractivity contribution in [2.75, 3.05) is 6.61 Å². The molecule has 0 bridgehead atoms. The Labute approximate surface area is 161 Å². The number of benzene rings is 1. The second kappa shape index (κ2) is 8.81. The fourth-order valence-electron chi connectivity index (χ4n) is 3.14. The largest absolute Gasteiger partial charge is 0.458 e. The quantitative estimate of drug-likeness (QED) is 0.553. The van der Waals surface area contributed by atoms with E-state index in [-0.39, 0.29) is 24.5 Å². The van der Waals surface area contributed by atoms with Crippen LogP contribution in [0.1, 0.15) is 63.7 Å². The first-order valence-corrected chi connectivity index (χ1v) is 9.43. The molecule has 5 nitrogen and oxygen atoms in total. The molecule has 2 atom stereocenters. The molecule has 1 aliphatic heterocycles. The van der Waals surface area contributed by atoms with E-state index >= 15 is 0 Å². The van der Waals surface area contributed by atoms with Gasteiger partial charge in [-0.3, -0.25) is 4.79 Å². The summed E-state index contributed by atoms with van der Waals surface area (Å²) in [7, 11) is 0. The highest BCUT2D eigenvalue weighted by atomic mass is 16.5. The maximum Gasteiger partial charge on any atom is 0.338 e. The number of ether oxygens (including phenoxy) is 2. The van der Waals surface area contributed by atoms with Crippen LogP contribution >= 0.6 is 0 Å². The number of esters is 1. The van der Waals surface area contributed by atoms with Gasteiger partial charge in [-0.25, -0.2) is 4.79 Å². The van der Waals surface area contributed by atoms with Gasteiger partial charge in [0.15, 0.2) is 5.78 Å². The van der Waals surface area contributed by atoms with Crippen LogP contribution in [-0.2, 0) is 14.3 Å². The van der Waals surface area contributed by atoms with Crippen molar-refractivity contribution < 1.29 is 24.2 Å². The molecule has 27 heavy (non-hydrogen) atoms. The molecule has 1 aliphatic rings. The lowest BCUT2D eigenvalue weighted by molar-refractivity contribution is -0.152. The smallest absolute Gasteiger partial charge is 0.338 e. The number of Topliss-reactive ketones (excluding diaryl/α,β-unsaturated/α-hetero) is 1. The molecule has 0 saturated carbocycles. The van der Waals surface area contributed by atoms with E-state index in [1.54, 1.807) is 38.1 Å². The van der Waals surface area contributed by atoms with Crippen LogP contribution in [0.25, 0.3) is 0 Å². The van der Waals surface area contributed by atoms with Crippen LogP contribution in [-0.4, -0.2) is 40.8 Å². The number of ketones is 1. The minimum absolute atomic E-state index is 0.0447. The van der Waals surface area contributed by atoms with Gasteiger partial charge in [0.1, 0.15) is 12.2 Å². The van der Waals surface area contributed by atoms with Crippen LogP contribution in [0.4, 0.5) is 0 Å². The Hall–Kier alpha value is -1.98. The van der Waals surface area contributed by atoms with Crippen molar-refractivity contribution in [2.45, 2.75) is 70.7 Å². The van der Waals surface area contributed by atoms with Crippen LogP contribution in [0.2, 0.25) is 0 Å². The molecule has 1 saturated heterocycles. The summed E-state index contributed by atoms with van der Waals surface area (Å²) >= 11 is 0. The van der Waals surface area contributed by atoms with Gasteiger partial charge < -0.3 is 14.6 Å². The fraction of sp³-hybridized carbons (Fsp3) is 0.545. The van der Waals surface area contributed by atoms with Crippen molar-refractivity contribution in [3.05, 3.63) is 47.5 Å². The van der Waals surface area contributed by atoms with Crippen molar-refractivity contribution in [3.8, 4) is 0 Å². The number of allylic oxidation sites excluding steroid dienone is 1. The molecule has 148 valence electrons. The van der Waals surface area contributed by atoms with Gasteiger partial charge in [-0.15, -0.1) is 0 Å². The molecule has 0 unspecified atom stereocenters. The molecule has 1 aromatic carbocycles. The lowest BCUT2D eigenvalue weighted by atomic mass is 9.91. The number of aliphatic hydroxyl groups is 1. The van der Waals surface area contributed by atoms with Gasteiger partial charge in [0, 0.05) is 6.42 Å². The lowest BCUT2D eigenvalue weighted by Crippen LogP contribution is -2.41. The Kier molecular flexibility index (Phi) is 6.95. The monoisotopic (exact) mass is 374 g/mol. The van der Waals surface area contributed by atoms with Gasteiger partial charge in [0.05, 0.1) is 17.3 Å². The molecular weight excluding hydrogens is 344 g/mol. The first-order valence-electron chi connectivity index (χ1n) is 9.43. The van der Waals surface area contributed by atoms with E-state index in [9.17, 15) is 14.7 Å². The number of hydrogen-bond acceptors (Lipinski definition) is 5. The SMILES string of the molecule is C/C(=C\COC(=O)c1ccccc1)CCC(=O)[C@@]1(C)CC[C@H](C(C)(C)O)O1. The highest BCUT2D eigenvalue weighted by molar-refractivity contribution is 5.89. The summed E-state index contributed by atoms with van der Waals surface area (Å²) in [6, 6.07) is 8.84. The number of carbonyl (C=O) groups is 2. The summed E-state index contributed by atoms with van der Waals surface area (Å²) in [6.07, 6.45) is 3.76. The number of hydrogen-bond donors (Lipinski definition) is 1. The van der Waals surface area contributed by atoms with Crippen molar-refractivity contribution in [2.24, 2.45) is 0 Å². The molecule has 0 radical (unpaired) electrons. The average Bonchev–Trinajstić information content (AvgIpc) is 3.04. The Morgan fingerprint density at radius 3 is 2.56 bits per heavy atom. The molecule has 0 spiro atoms. The van der Waals surface area contributed by atoms with Gasteiger partial charge >= 0.3 is 5.97 Å². The van der Waals surface area contributed by atoms with Crippen molar-refractivity contribution >= 4 is 11.8 Å². The summed E-state index contributed by atoms with van der Waals surface area (Å²) in [6.45, 7) is 7.32. The summed E-state index contributed by atoms with van der Waals surface area (Å²) < 4.78 is 11.1. The van der Waals surface area contributed by atoms with Gasteiger partial charge in [-0.1, -0.05) is 23.8 Å². The van der Waals surface area contributed by atoms with E-state index in [0.29, 0.717) is 31.2 Å². The Balaban J connectivity index is 1.77. The van der Waals surface area contributed by atoms with E-state index in [4.69, 9.17) is 9.47 Å². The van der Waals surface area contributed by atoms with Crippen LogP contribution < -0.4 is 0 Å². The van der Waals surface area contributed by atoms with E-state index in [1.807, 2.05) is 26.0 Å². The van der Waals surface area contributed by atoms with Crippen molar-refractivity contribution in [1.82, 2.24) is 0 Å². The zero-order valence-electron chi connectivity index (χ0n) is 16.7. The van der Waals surface area contributed by atoms with Crippen molar-refractivity contribution in [1.29, 1.82) is 0 Å². The van der Waals surface area contributed by atoms with Gasteiger partial charge in [0.2, 0.25) is 0 Å². The molecule has 2 rings (SSSR count). The topological polar surface area (TPSA) is 72.8 Å². The summed E-state index contributed by atoms with van der Waals surface area (Å²) in [5, 5.41) is 10.1. The van der Waals surface area contributed by atoms with E-state index in [1.165, 1.54) is 0 Å². The number of rotatable bonds is 8. The maximum absolute atomic E-state index is 12.6. The van der Waals surface area contributed by atoms with Gasteiger partial charge in [0.25, 0.3) is 0 Å². The molecule has 0 aromatic heterocycles. The summed E-state index contributed by atoms with van der Waals surface area (Å²) in [5.74, 6) is -0.316. The third kappa shape index (κ3) is 6.01. The normalized spacial score (nSPS) is 23.3. The predicted molar refractivity (Wildman–Crippen MR) is 104 cm³/mol. The first-order chi connectivity index (χ1) is 12.6. The number of carbonyl (C=O) groups excluding carboxylic acids is 2. The second-order valence-corrected chi connectivity index (χ2v) is 7.97. The minimum atomic E-state index is -0.948. The van der Waals surface area contributed by atoms with E-state index < -0.39 is 11.2 Å². The summed E-state index contributed by atoms with van der Waals surface area (Å²) in [4.78, 5) is 24.5. The van der Waals surface area contributed by atoms with Crippen molar-refractivity contribution in [3.63, 3.8) is 0 Å². The summed E-state index contributed by atoms with van der Waals surface area (Å²) in [5.41, 5.74) is -0.266. The zero-order chi connectivity index (χ0) is 20.1. The predicted octanol–water partition coefficient (Wildman–Crippen LogP) is 3.85. The molecule has 1 heterocycles. The van der Waals surface area contributed by atoms with Crippen LogP contribution in [0.5, 0.6) is 0 Å². The average molecular weight is 374 g/mol. The molecule has 1 aromatic rings. The molecular formula is C22H30O5. The standard InChI is InChI=1S/C22H30O5/c1-16(13-15-26-20(24)17-8-6-5-7-9-17)10-11-18(23)22(4)14-12-19(27-22)21(2,3)25/h5-9,13,19,25H,10-12,14-15H2,1-4H3/b16-13+/t19-,22-/m1/s1. The molecule has 1 fully saturated rings. The fourth-order valence-corrected chi connectivity index (χ4v) is 3.14. The molecule has 0 amide bonds. The molecule has 1 N–H and O–H groups in total.